The SMILES string of the molecule is c1cc([C@@H]2CCCCN2Cc2ccnc(N3CCCC3)n2)[nH]n1. The van der Waals surface area contributed by atoms with E-state index in [1.165, 1.54) is 37.8 Å². The molecular weight excluding hydrogens is 288 g/mol. The van der Waals surface area contributed by atoms with E-state index in [1.54, 1.807) is 0 Å². The van der Waals surface area contributed by atoms with Gasteiger partial charge in [-0.05, 0) is 44.4 Å². The molecule has 0 radical (unpaired) electrons. The molecule has 0 bridgehead atoms. The summed E-state index contributed by atoms with van der Waals surface area (Å²) in [5.74, 6) is 0.898. The zero-order valence-corrected chi connectivity index (χ0v) is 13.5. The standard InChI is InChI=1S/C17H24N6/c1-2-12-23(16(5-1)15-7-9-19-21-15)13-14-6-8-18-17(20-14)22-10-3-4-11-22/h6-9,16H,1-5,10-13H2,(H,19,21)/t16-/m0/s1. The number of piperidine rings is 1. The fourth-order valence-corrected chi connectivity index (χ4v) is 3.73. The first-order valence-electron chi connectivity index (χ1n) is 8.70. The monoisotopic (exact) mass is 312 g/mol. The molecule has 0 aliphatic carbocycles. The lowest BCUT2D eigenvalue weighted by atomic mass is 9.99. The fourth-order valence-electron chi connectivity index (χ4n) is 3.73. The molecule has 2 aliphatic rings. The van der Waals surface area contributed by atoms with Crippen molar-refractivity contribution in [3.05, 3.63) is 35.9 Å². The molecule has 1 N–H and O–H groups in total. The van der Waals surface area contributed by atoms with Crippen molar-refractivity contribution in [2.75, 3.05) is 24.5 Å². The third kappa shape index (κ3) is 3.22. The van der Waals surface area contributed by atoms with Gasteiger partial charge in [0.2, 0.25) is 5.95 Å². The highest BCUT2D eigenvalue weighted by molar-refractivity contribution is 5.31. The molecule has 2 aromatic heterocycles. The molecule has 1 atom stereocenters. The smallest absolute Gasteiger partial charge is 0.225 e. The van der Waals surface area contributed by atoms with E-state index in [2.05, 4.69) is 37.1 Å². The first-order chi connectivity index (χ1) is 11.4. The Balaban J connectivity index is 1.50. The minimum absolute atomic E-state index is 0.427. The number of anilines is 1. The summed E-state index contributed by atoms with van der Waals surface area (Å²) in [6.45, 7) is 4.17. The summed E-state index contributed by atoms with van der Waals surface area (Å²) in [4.78, 5) is 14.1. The second kappa shape index (κ2) is 6.66. The zero-order valence-electron chi connectivity index (χ0n) is 13.5. The van der Waals surface area contributed by atoms with Crippen LogP contribution in [0.4, 0.5) is 5.95 Å². The quantitative estimate of drug-likeness (QED) is 0.940. The van der Waals surface area contributed by atoms with Crippen molar-refractivity contribution in [1.82, 2.24) is 25.1 Å². The largest absolute Gasteiger partial charge is 0.341 e. The van der Waals surface area contributed by atoms with E-state index in [4.69, 9.17) is 4.98 Å². The molecule has 0 unspecified atom stereocenters. The fraction of sp³-hybridized carbons (Fsp3) is 0.588. The van der Waals surface area contributed by atoms with Crippen LogP contribution in [-0.4, -0.2) is 44.7 Å². The van der Waals surface area contributed by atoms with Gasteiger partial charge in [0.25, 0.3) is 0 Å². The van der Waals surface area contributed by atoms with Crippen molar-refractivity contribution < 1.29 is 0 Å². The Hall–Kier alpha value is -1.95. The lowest BCUT2D eigenvalue weighted by Crippen LogP contribution is -2.33. The van der Waals surface area contributed by atoms with E-state index in [0.717, 1.165) is 37.8 Å². The Kier molecular flexibility index (Phi) is 4.24. The van der Waals surface area contributed by atoms with Gasteiger partial charge in [0.1, 0.15) is 0 Å². The average molecular weight is 312 g/mol. The van der Waals surface area contributed by atoms with Crippen LogP contribution in [0.5, 0.6) is 0 Å². The topological polar surface area (TPSA) is 60.9 Å². The molecule has 6 nitrogen and oxygen atoms in total. The zero-order chi connectivity index (χ0) is 15.5. The molecule has 6 heteroatoms. The van der Waals surface area contributed by atoms with Crippen LogP contribution in [0.25, 0.3) is 0 Å². The summed E-state index contributed by atoms with van der Waals surface area (Å²) in [6.07, 6.45) is 9.98. The van der Waals surface area contributed by atoms with Crippen LogP contribution in [-0.2, 0) is 6.54 Å². The molecule has 2 aromatic rings. The van der Waals surface area contributed by atoms with Gasteiger partial charge >= 0.3 is 0 Å². The molecule has 122 valence electrons. The van der Waals surface area contributed by atoms with Gasteiger partial charge in [-0.1, -0.05) is 6.42 Å². The van der Waals surface area contributed by atoms with Gasteiger partial charge in [0.05, 0.1) is 17.4 Å². The highest BCUT2D eigenvalue weighted by Crippen LogP contribution is 2.30. The molecule has 0 amide bonds. The minimum Gasteiger partial charge on any atom is -0.341 e. The second-order valence-electron chi connectivity index (χ2n) is 6.54. The van der Waals surface area contributed by atoms with Gasteiger partial charge < -0.3 is 4.90 Å². The van der Waals surface area contributed by atoms with E-state index in [9.17, 15) is 0 Å². The third-order valence-electron chi connectivity index (χ3n) is 4.95. The van der Waals surface area contributed by atoms with Crippen molar-refractivity contribution in [3.8, 4) is 0 Å². The molecule has 4 rings (SSSR count). The number of hydrogen-bond acceptors (Lipinski definition) is 5. The van der Waals surface area contributed by atoms with Crippen molar-refractivity contribution >= 4 is 5.95 Å². The van der Waals surface area contributed by atoms with Crippen LogP contribution < -0.4 is 4.90 Å². The normalized spacial score (nSPS) is 22.6. The van der Waals surface area contributed by atoms with Crippen molar-refractivity contribution in [1.29, 1.82) is 0 Å². The molecule has 0 aromatic carbocycles. The van der Waals surface area contributed by atoms with E-state index in [0.29, 0.717) is 6.04 Å². The summed E-state index contributed by atoms with van der Waals surface area (Å²) in [7, 11) is 0. The van der Waals surface area contributed by atoms with Crippen LogP contribution in [0.2, 0.25) is 0 Å². The summed E-state index contributed by atoms with van der Waals surface area (Å²) in [6, 6.07) is 4.58. The van der Waals surface area contributed by atoms with E-state index in [1.807, 2.05) is 12.4 Å². The Morgan fingerprint density at radius 2 is 1.91 bits per heavy atom. The Bertz CT molecular complexity index is 620. The first-order valence-corrected chi connectivity index (χ1v) is 8.70. The Morgan fingerprint density at radius 3 is 2.74 bits per heavy atom. The maximum atomic E-state index is 4.81. The van der Waals surface area contributed by atoms with Crippen LogP contribution in [0.15, 0.2) is 24.5 Å². The highest BCUT2D eigenvalue weighted by atomic mass is 15.3. The van der Waals surface area contributed by atoms with E-state index < -0.39 is 0 Å². The third-order valence-corrected chi connectivity index (χ3v) is 4.95. The predicted molar refractivity (Wildman–Crippen MR) is 89.1 cm³/mol. The van der Waals surface area contributed by atoms with Gasteiger partial charge in [-0.2, -0.15) is 5.10 Å². The molecule has 23 heavy (non-hydrogen) atoms. The number of nitrogens with zero attached hydrogens (tertiary/aromatic N) is 5. The summed E-state index contributed by atoms with van der Waals surface area (Å²) in [5, 5.41) is 7.27. The summed E-state index contributed by atoms with van der Waals surface area (Å²) in [5.41, 5.74) is 2.34. The number of rotatable bonds is 4. The number of aromatic amines is 1. The Labute approximate surface area is 136 Å². The average Bonchev–Trinajstić information content (AvgIpc) is 3.30. The summed E-state index contributed by atoms with van der Waals surface area (Å²) < 4.78 is 0. The number of hydrogen-bond donors (Lipinski definition) is 1. The van der Waals surface area contributed by atoms with Gasteiger partial charge in [-0.25, -0.2) is 9.97 Å². The minimum atomic E-state index is 0.427. The van der Waals surface area contributed by atoms with Crippen molar-refractivity contribution in [2.45, 2.75) is 44.7 Å². The predicted octanol–water partition coefficient (Wildman–Crippen LogP) is 2.53. The van der Waals surface area contributed by atoms with Crippen LogP contribution in [0.3, 0.4) is 0 Å². The first kappa shape index (κ1) is 14.6. The van der Waals surface area contributed by atoms with Gasteiger partial charge in [-0.15, -0.1) is 0 Å². The molecular formula is C17H24N6. The van der Waals surface area contributed by atoms with Crippen LogP contribution in [0, 0.1) is 0 Å². The summed E-state index contributed by atoms with van der Waals surface area (Å²) >= 11 is 0. The van der Waals surface area contributed by atoms with Gasteiger partial charge in [0, 0.05) is 32.0 Å². The van der Waals surface area contributed by atoms with Gasteiger partial charge in [-0.3, -0.25) is 10.00 Å². The van der Waals surface area contributed by atoms with E-state index in [-0.39, 0.29) is 0 Å². The number of likely N-dealkylation sites (tertiary alicyclic amines) is 1. The highest BCUT2D eigenvalue weighted by Gasteiger charge is 2.25. The molecule has 0 saturated carbocycles. The van der Waals surface area contributed by atoms with Crippen molar-refractivity contribution in [3.63, 3.8) is 0 Å². The number of H-pyrrole nitrogens is 1. The van der Waals surface area contributed by atoms with Crippen molar-refractivity contribution in [2.24, 2.45) is 0 Å². The molecule has 2 fully saturated rings. The molecule has 2 saturated heterocycles. The van der Waals surface area contributed by atoms with Crippen LogP contribution in [0.1, 0.15) is 49.5 Å². The molecule has 2 aliphatic heterocycles. The van der Waals surface area contributed by atoms with E-state index >= 15 is 0 Å². The molecule has 0 spiro atoms. The maximum absolute atomic E-state index is 4.81. The number of nitrogens with one attached hydrogen (secondary N) is 1. The lowest BCUT2D eigenvalue weighted by Gasteiger charge is -2.34. The number of aromatic nitrogens is 4. The maximum Gasteiger partial charge on any atom is 0.225 e. The molecule has 4 heterocycles. The lowest BCUT2D eigenvalue weighted by molar-refractivity contribution is 0.135. The Morgan fingerprint density at radius 1 is 1.04 bits per heavy atom. The van der Waals surface area contributed by atoms with Gasteiger partial charge in [0.15, 0.2) is 0 Å². The van der Waals surface area contributed by atoms with Crippen LogP contribution >= 0.6 is 0 Å². The second-order valence-corrected chi connectivity index (χ2v) is 6.54.